The van der Waals surface area contributed by atoms with E-state index in [2.05, 4.69) is 23.6 Å². The molecule has 0 aromatic carbocycles. The molecular weight excluding hydrogens is 377 g/mol. The first kappa shape index (κ1) is 27.5. The molecule has 0 heterocycles. The maximum absolute atomic E-state index is 12.0. The number of Topliss-reactive ketones (excluding diaryl/α,β-unsaturated/α-hetero) is 1. The van der Waals surface area contributed by atoms with Crippen LogP contribution in [0.4, 0.5) is 0 Å². The SMILES string of the molecule is CCCCCCCCC=CCCCCCCCC(=O)C(C)(N)COP(=O)(O)O. The van der Waals surface area contributed by atoms with Crippen molar-refractivity contribution in [2.24, 2.45) is 5.73 Å². The van der Waals surface area contributed by atoms with E-state index >= 15 is 0 Å². The molecule has 0 aromatic heterocycles. The van der Waals surface area contributed by atoms with Crippen LogP contribution >= 0.6 is 7.82 Å². The van der Waals surface area contributed by atoms with Gasteiger partial charge in [0.15, 0.2) is 5.78 Å². The molecule has 0 amide bonds. The monoisotopic (exact) mass is 419 g/mol. The van der Waals surface area contributed by atoms with Gasteiger partial charge in [0.05, 0.1) is 12.1 Å². The Bertz CT molecular complexity index is 473. The summed E-state index contributed by atoms with van der Waals surface area (Å²) >= 11 is 0. The number of carbonyl (C=O) groups excluding carboxylic acids is 1. The van der Waals surface area contributed by atoms with Gasteiger partial charge in [0, 0.05) is 6.42 Å². The molecule has 6 nitrogen and oxygen atoms in total. The summed E-state index contributed by atoms with van der Waals surface area (Å²) in [7, 11) is -4.60. The highest BCUT2D eigenvalue weighted by molar-refractivity contribution is 7.46. The minimum atomic E-state index is -4.60. The zero-order chi connectivity index (χ0) is 21.3. The molecule has 0 radical (unpaired) electrons. The lowest BCUT2D eigenvalue weighted by Gasteiger charge is -2.22. The van der Waals surface area contributed by atoms with E-state index in [1.165, 1.54) is 58.3 Å². The number of carbonyl (C=O) groups is 1. The average molecular weight is 420 g/mol. The summed E-state index contributed by atoms with van der Waals surface area (Å²) < 4.78 is 15.1. The van der Waals surface area contributed by atoms with Crippen LogP contribution in [0, 0.1) is 0 Å². The number of unbranched alkanes of at least 4 members (excludes halogenated alkanes) is 11. The molecule has 0 rings (SSSR count). The van der Waals surface area contributed by atoms with Crippen molar-refractivity contribution < 1.29 is 23.7 Å². The Morgan fingerprint density at radius 1 is 0.929 bits per heavy atom. The second-order valence-corrected chi connectivity index (χ2v) is 9.18. The van der Waals surface area contributed by atoms with E-state index in [-0.39, 0.29) is 5.78 Å². The molecule has 0 bridgehead atoms. The number of ketones is 1. The van der Waals surface area contributed by atoms with Crippen molar-refractivity contribution in [2.45, 2.75) is 109 Å². The van der Waals surface area contributed by atoms with Gasteiger partial charge >= 0.3 is 7.82 Å². The normalized spacial score (nSPS) is 14.5. The van der Waals surface area contributed by atoms with Crippen LogP contribution in [-0.2, 0) is 13.9 Å². The Morgan fingerprint density at radius 3 is 1.89 bits per heavy atom. The summed E-state index contributed by atoms with van der Waals surface area (Å²) in [6.45, 7) is 3.22. The summed E-state index contributed by atoms with van der Waals surface area (Å²) in [5, 5.41) is 0. The third-order valence-electron chi connectivity index (χ3n) is 4.84. The maximum Gasteiger partial charge on any atom is 0.469 e. The minimum Gasteiger partial charge on any atom is -0.317 e. The summed E-state index contributed by atoms with van der Waals surface area (Å²) in [4.78, 5) is 29.4. The van der Waals surface area contributed by atoms with E-state index in [1.807, 2.05) is 0 Å². The highest BCUT2D eigenvalue weighted by Gasteiger charge is 2.31. The van der Waals surface area contributed by atoms with Gasteiger partial charge in [-0.2, -0.15) is 0 Å². The quantitative estimate of drug-likeness (QED) is 0.146. The smallest absolute Gasteiger partial charge is 0.317 e. The van der Waals surface area contributed by atoms with Crippen LogP contribution in [0.3, 0.4) is 0 Å². The van der Waals surface area contributed by atoms with Gasteiger partial charge in [0.2, 0.25) is 0 Å². The van der Waals surface area contributed by atoms with Gasteiger partial charge < -0.3 is 15.5 Å². The fourth-order valence-corrected chi connectivity index (χ4v) is 3.38. The predicted molar refractivity (Wildman–Crippen MR) is 115 cm³/mol. The van der Waals surface area contributed by atoms with Gasteiger partial charge in [0.25, 0.3) is 0 Å². The zero-order valence-electron chi connectivity index (χ0n) is 17.9. The van der Waals surface area contributed by atoms with Gasteiger partial charge in [-0.1, -0.05) is 70.4 Å². The van der Waals surface area contributed by atoms with Crippen molar-refractivity contribution >= 4 is 13.6 Å². The summed E-state index contributed by atoms with van der Waals surface area (Å²) in [6.07, 6.45) is 20.4. The third kappa shape index (κ3) is 17.6. The van der Waals surface area contributed by atoms with Gasteiger partial charge in [-0.3, -0.25) is 9.32 Å². The van der Waals surface area contributed by atoms with Crippen LogP contribution in [0.2, 0.25) is 0 Å². The van der Waals surface area contributed by atoms with Gasteiger partial charge in [-0.05, 0) is 39.0 Å². The van der Waals surface area contributed by atoms with Crippen LogP contribution in [-0.4, -0.2) is 27.7 Å². The number of hydrogen-bond acceptors (Lipinski definition) is 4. The highest BCUT2D eigenvalue weighted by atomic mass is 31.2. The number of phosphoric acid groups is 1. The van der Waals surface area contributed by atoms with Gasteiger partial charge in [-0.25, -0.2) is 4.57 Å². The van der Waals surface area contributed by atoms with E-state index in [0.29, 0.717) is 6.42 Å². The number of rotatable bonds is 19. The average Bonchev–Trinajstić information content (AvgIpc) is 2.62. The summed E-state index contributed by atoms with van der Waals surface area (Å²) in [5.41, 5.74) is 4.44. The fraction of sp³-hybridized carbons (Fsp3) is 0.857. The van der Waals surface area contributed by atoms with Crippen LogP contribution in [0.25, 0.3) is 0 Å². The number of hydrogen-bond donors (Lipinski definition) is 3. The van der Waals surface area contributed by atoms with Crippen LogP contribution in [0.15, 0.2) is 12.2 Å². The molecule has 1 atom stereocenters. The first-order chi connectivity index (χ1) is 13.2. The molecule has 28 heavy (non-hydrogen) atoms. The molecule has 166 valence electrons. The molecule has 4 N–H and O–H groups in total. The molecule has 0 fully saturated rings. The Balaban J connectivity index is 3.55. The highest BCUT2D eigenvalue weighted by Crippen LogP contribution is 2.36. The Morgan fingerprint density at radius 2 is 1.39 bits per heavy atom. The number of allylic oxidation sites excluding steroid dienone is 2. The van der Waals surface area contributed by atoms with Crippen molar-refractivity contribution in [3.63, 3.8) is 0 Å². The van der Waals surface area contributed by atoms with E-state index in [4.69, 9.17) is 15.5 Å². The van der Waals surface area contributed by atoms with E-state index in [9.17, 15) is 9.36 Å². The van der Waals surface area contributed by atoms with Gasteiger partial charge in [0.1, 0.15) is 0 Å². The molecular formula is C21H42NO5P. The molecule has 1 unspecified atom stereocenters. The predicted octanol–water partition coefficient (Wildman–Crippen LogP) is 5.42. The van der Waals surface area contributed by atoms with Crippen LogP contribution < -0.4 is 5.73 Å². The third-order valence-corrected chi connectivity index (χ3v) is 5.30. The second kappa shape index (κ2) is 16.3. The standard InChI is InChI=1S/C21H42NO5P/c1-3-4-5-6-7-8-9-10-11-12-13-14-15-16-17-18-20(23)21(2,22)19-27-28(24,25)26/h10-11H,3-9,12-19,22H2,1-2H3,(H2,24,25,26). The molecule has 7 heteroatoms. The van der Waals surface area contributed by atoms with E-state index in [1.54, 1.807) is 0 Å². The summed E-state index contributed by atoms with van der Waals surface area (Å²) in [5.74, 6) is -0.224. The zero-order valence-corrected chi connectivity index (χ0v) is 18.8. The maximum atomic E-state index is 12.0. The lowest BCUT2D eigenvalue weighted by atomic mass is 9.94. The largest absolute Gasteiger partial charge is 0.469 e. The van der Waals surface area contributed by atoms with Crippen LogP contribution in [0.5, 0.6) is 0 Å². The van der Waals surface area contributed by atoms with Crippen molar-refractivity contribution in [3.05, 3.63) is 12.2 Å². The summed E-state index contributed by atoms with van der Waals surface area (Å²) in [6, 6.07) is 0. The van der Waals surface area contributed by atoms with Crippen molar-refractivity contribution in [3.8, 4) is 0 Å². The van der Waals surface area contributed by atoms with Crippen molar-refractivity contribution in [1.29, 1.82) is 0 Å². The molecule has 0 spiro atoms. The lowest BCUT2D eigenvalue weighted by molar-refractivity contribution is -0.124. The number of nitrogens with two attached hydrogens (primary N) is 1. The fourth-order valence-electron chi connectivity index (χ4n) is 2.94. The van der Waals surface area contributed by atoms with Crippen LogP contribution in [0.1, 0.15) is 104 Å². The first-order valence-corrected chi connectivity index (χ1v) is 12.4. The molecule has 0 saturated heterocycles. The first-order valence-electron chi connectivity index (χ1n) is 10.9. The minimum absolute atomic E-state index is 0.224. The molecule has 0 aromatic rings. The number of phosphoric ester groups is 1. The Kier molecular flexibility index (Phi) is 16.0. The Labute approximate surface area is 171 Å². The lowest BCUT2D eigenvalue weighted by Crippen LogP contribution is -2.48. The van der Waals surface area contributed by atoms with Crippen molar-refractivity contribution in [2.75, 3.05) is 6.61 Å². The van der Waals surface area contributed by atoms with E-state index in [0.717, 1.165) is 32.1 Å². The molecule has 0 aliphatic heterocycles. The van der Waals surface area contributed by atoms with Crippen molar-refractivity contribution in [1.82, 2.24) is 0 Å². The van der Waals surface area contributed by atoms with Gasteiger partial charge in [-0.15, -0.1) is 0 Å². The topological polar surface area (TPSA) is 110 Å². The molecule has 0 saturated carbocycles. The second-order valence-electron chi connectivity index (χ2n) is 7.94. The molecule has 0 aliphatic carbocycles. The van der Waals surface area contributed by atoms with E-state index < -0.39 is 20.0 Å². The Hall–Kier alpha value is -0.520. The molecule has 0 aliphatic rings.